The van der Waals surface area contributed by atoms with Crippen LogP contribution in [0.25, 0.3) is 0 Å². The van der Waals surface area contributed by atoms with E-state index in [4.69, 9.17) is 16.1 Å². The minimum absolute atomic E-state index is 0.0548. The maximum absolute atomic E-state index is 12.8. The Hall–Kier alpha value is -2.78. The normalized spacial score (nSPS) is 18.6. The monoisotopic (exact) mass is 436 g/mol. The van der Waals surface area contributed by atoms with Crippen LogP contribution in [0.2, 0.25) is 0 Å². The number of sulfone groups is 1. The third-order valence-corrected chi connectivity index (χ3v) is 7.20. The molecule has 1 aliphatic heterocycles. The SMILES string of the molecule is CC1=CC(=O)C(C(=O)c2cccc(S(=O)(=O)C(Cl)c3cc(C)no3)c2)C(=O)N1C. The molecule has 10 heteroatoms. The van der Waals surface area contributed by atoms with Crippen LogP contribution in [0.4, 0.5) is 0 Å². The van der Waals surface area contributed by atoms with Gasteiger partial charge >= 0.3 is 0 Å². The number of carbonyl (C=O) groups excluding carboxylic acids is 3. The number of aromatic nitrogens is 1. The summed E-state index contributed by atoms with van der Waals surface area (Å²) in [6.45, 7) is 3.20. The molecule has 0 aliphatic carbocycles. The number of hydrogen-bond donors (Lipinski definition) is 0. The van der Waals surface area contributed by atoms with E-state index in [9.17, 15) is 22.8 Å². The summed E-state index contributed by atoms with van der Waals surface area (Å²) in [5.41, 5.74) is 0.802. The number of alkyl halides is 1. The summed E-state index contributed by atoms with van der Waals surface area (Å²) in [5, 5.41) is 3.62. The van der Waals surface area contributed by atoms with Gasteiger partial charge in [-0.25, -0.2) is 8.42 Å². The number of halogens is 1. The number of hydrogen-bond acceptors (Lipinski definition) is 7. The summed E-state index contributed by atoms with van der Waals surface area (Å²) >= 11 is 6.08. The van der Waals surface area contributed by atoms with Crippen molar-refractivity contribution >= 4 is 38.9 Å². The van der Waals surface area contributed by atoms with Crippen LogP contribution in [0.5, 0.6) is 0 Å². The second kappa shape index (κ2) is 7.57. The Morgan fingerprint density at radius 2 is 1.93 bits per heavy atom. The average Bonchev–Trinajstić information content (AvgIpc) is 3.11. The molecule has 152 valence electrons. The van der Waals surface area contributed by atoms with Crippen LogP contribution in [0.1, 0.15) is 33.4 Å². The van der Waals surface area contributed by atoms with E-state index in [0.29, 0.717) is 11.4 Å². The molecular weight excluding hydrogens is 420 g/mol. The molecule has 2 atom stereocenters. The minimum Gasteiger partial charge on any atom is -0.358 e. The van der Waals surface area contributed by atoms with Crippen LogP contribution in [0.3, 0.4) is 0 Å². The van der Waals surface area contributed by atoms with Gasteiger partial charge in [0.25, 0.3) is 0 Å². The van der Waals surface area contributed by atoms with Crippen molar-refractivity contribution in [1.29, 1.82) is 0 Å². The second-order valence-electron chi connectivity index (χ2n) is 6.64. The maximum atomic E-state index is 12.8. The molecule has 0 spiro atoms. The minimum atomic E-state index is -4.12. The van der Waals surface area contributed by atoms with Gasteiger partial charge in [0.1, 0.15) is 0 Å². The van der Waals surface area contributed by atoms with Crippen molar-refractivity contribution in [1.82, 2.24) is 10.1 Å². The number of amides is 1. The summed E-state index contributed by atoms with van der Waals surface area (Å²) in [5.74, 6) is -3.70. The highest BCUT2D eigenvalue weighted by Gasteiger charge is 2.39. The molecule has 2 aromatic rings. The lowest BCUT2D eigenvalue weighted by Crippen LogP contribution is -2.43. The molecule has 1 aromatic heterocycles. The molecule has 2 unspecified atom stereocenters. The van der Waals surface area contributed by atoms with Crippen molar-refractivity contribution < 1.29 is 27.3 Å². The Bertz CT molecular complexity index is 1150. The molecule has 0 saturated heterocycles. The van der Waals surface area contributed by atoms with E-state index in [-0.39, 0.29) is 16.2 Å². The van der Waals surface area contributed by atoms with Crippen LogP contribution in [0.15, 0.2) is 51.5 Å². The fraction of sp³-hybridized carbons (Fsp3) is 0.263. The predicted octanol–water partition coefficient (Wildman–Crippen LogP) is 2.44. The highest BCUT2D eigenvalue weighted by atomic mass is 35.5. The van der Waals surface area contributed by atoms with Crippen LogP contribution < -0.4 is 0 Å². The van der Waals surface area contributed by atoms with Crippen LogP contribution in [-0.4, -0.2) is 43.0 Å². The number of nitrogens with zero attached hydrogens (tertiary/aromatic N) is 2. The van der Waals surface area contributed by atoms with E-state index in [2.05, 4.69) is 5.16 Å². The topological polar surface area (TPSA) is 115 Å². The first kappa shape index (κ1) is 20.9. The summed E-state index contributed by atoms with van der Waals surface area (Å²) in [6, 6.07) is 6.45. The van der Waals surface area contributed by atoms with Crippen molar-refractivity contribution in [3.8, 4) is 0 Å². The molecule has 2 heterocycles. The number of Topliss-reactive ketones (excluding diaryl/α,β-unsaturated/α-hetero) is 1. The summed E-state index contributed by atoms with van der Waals surface area (Å²) in [7, 11) is -2.67. The molecule has 8 nitrogen and oxygen atoms in total. The summed E-state index contributed by atoms with van der Waals surface area (Å²) < 4.78 is 29.0. The molecule has 29 heavy (non-hydrogen) atoms. The molecule has 0 saturated carbocycles. The van der Waals surface area contributed by atoms with E-state index in [0.717, 1.165) is 6.07 Å². The lowest BCUT2D eigenvalue weighted by Gasteiger charge is -2.26. The number of allylic oxidation sites excluding steroid dienone is 2. The van der Waals surface area contributed by atoms with Crippen LogP contribution in [0, 0.1) is 12.8 Å². The van der Waals surface area contributed by atoms with Crippen LogP contribution in [-0.2, 0) is 19.4 Å². The number of benzene rings is 1. The zero-order valence-electron chi connectivity index (χ0n) is 15.7. The molecule has 1 aromatic carbocycles. The Kier molecular flexibility index (Phi) is 5.46. The quantitative estimate of drug-likeness (QED) is 0.401. The molecule has 1 amide bonds. The third kappa shape index (κ3) is 3.75. The maximum Gasteiger partial charge on any atom is 0.245 e. The lowest BCUT2D eigenvalue weighted by molar-refractivity contribution is -0.136. The zero-order valence-corrected chi connectivity index (χ0v) is 17.3. The smallest absolute Gasteiger partial charge is 0.245 e. The molecule has 0 bridgehead atoms. The number of aryl methyl sites for hydroxylation is 1. The zero-order chi connectivity index (χ0) is 21.5. The predicted molar refractivity (Wildman–Crippen MR) is 103 cm³/mol. The molecule has 3 rings (SSSR count). The fourth-order valence-corrected chi connectivity index (χ4v) is 4.50. The van der Waals surface area contributed by atoms with Crippen molar-refractivity contribution in [2.24, 2.45) is 5.92 Å². The van der Waals surface area contributed by atoms with Crippen LogP contribution >= 0.6 is 11.6 Å². The van der Waals surface area contributed by atoms with E-state index in [1.807, 2.05) is 0 Å². The molecule has 1 aliphatic rings. The van der Waals surface area contributed by atoms with Gasteiger partial charge in [-0.05, 0) is 26.0 Å². The summed E-state index contributed by atoms with van der Waals surface area (Å²) in [4.78, 5) is 38.5. The van der Waals surface area contributed by atoms with E-state index >= 15 is 0 Å². The van der Waals surface area contributed by atoms with E-state index in [1.165, 1.54) is 42.3 Å². The van der Waals surface area contributed by atoms with Gasteiger partial charge in [-0.1, -0.05) is 28.9 Å². The molecular formula is C19H17ClN2O6S. The largest absolute Gasteiger partial charge is 0.358 e. The van der Waals surface area contributed by atoms with Gasteiger partial charge in [0.15, 0.2) is 28.0 Å². The third-order valence-electron chi connectivity index (χ3n) is 4.59. The van der Waals surface area contributed by atoms with Gasteiger partial charge in [0, 0.05) is 30.5 Å². The second-order valence-corrected chi connectivity index (χ2v) is 9.37. The van der Waals surface area contributed by atoms with E-state index in [1.54, 1.807) is 13.8 Å². The van der Waals surface area contributed by atoms with Crippen molar-refractivity contribution in [3.05, 3.63) is 59.1 Å². The molecule has 0 fully saturated rings. The molecule has 0 N–H and O–H groups in total. The first-order valence-corrected chi connectivity index (χ1v) is 10.5. The van der Waals surface area contributed by atoms with Crippen molar-refractivity contribution in [3.63, 3.8) is 0 Å². The Labute approximate surface area is 172 Å². The fourth-order valence-electron chi connectivity index (χ4n) is 2.87. The first-order chi connectivity index (χ1) is 13.5. The molecule has 0 radical (unpaired) electrons. The van der Waals surface area contributed by atoms with Gasteiger partial charge in [0.2, 0.25) is 15.7 Å². The Morgan fingerprint density at radius 1 is 1.24 bits per heavy atom. The Morgan fingerprint density at radius 3 is 2.55 bits per heavy atom. The van der Waals surface area contributed by atoms with Gasteiger partial charge in [-0.3, -0.25) is 14.4 Å². The van der Waals surface area contributed by atoms with Gasteiger partial charge < -0.3 is 9.42 Å². The number of carbonyl (C=O) groups is 3. The van der Waals surface area contributed by atoms with Crippen molar-refractivity contribution in [2.75, 3.05) is 7.05 Å². The summed E-state index contributed by atoms with van der Waals surface area (Å²) in [6.07, 6.45) is 1.21. The number of ketones is 2. The van der Waals surface area contributed by atoms with E-state index < -0.39 is 37.9 Å². The van der Waals surface area contributed by atoms with Gasteiger partial charge in [-0.15, -0.1) is 0 Å². The van der Waals surface area contributed by atoms with Crippen molar-refractivity contribution in [2.45, 2.75) is 23.5 Å². The highest BCUT2D eigenvalue weighted by Crippen LogP contribution is 2.33. The van der Waals surface area contributed by atoms with Gasteiger partial charge in [-0.2, -0.15) is 0 Å². The standard InChI is InChI=1S/C19H17ClN2O6S/c1-10-7-15(28-21-10)18(20)29(26,27)13-6-4-5-12(9-13)17(24)16-14(23)8-11(2)22(3)19(16)25/h4-9,16,18H,1-3H3. The Balaban J connectivity index is 1.96. The first-order valence-electron chi connectivity index (χ1n) is 8.49. The lowest BCUT2D eigenvalue weighted by atomic mass is 9.89. The number of rotatable bonds is 5. The van der Waals surface area contributed by atoms with Gasteiger partial charge in [0.05, 0.1) is 10.6 Å². The average molecular weight is 437 g/mol. The highest BCUT2D eigenvalue weighted by molar-refractivity contribution is 7.92.